The SMILES string of the molecule is CCC1(C(=O)N2CCC3NCCC3C2)CCCC1.Cl. The lowest BCUT2D eigenvalue weighted by Gasteiger charge is -2.40. The van der Waals surface area contributed by atoms with Gasteiger partial charge in [-0.05, 0) is 44.6 Å². The average molecular weight is 287 g/mol. The van der Waals surface area contributed by atoms with Gasteiger partial charge in [-0.2, -0.15) is 0 Å². The molecule has 3 fully saturated rings. The number of amides is 1. The van der Waals surface area contributed by atoms with Crippen molar-refractivity contribution in [3.63, 3.8) is 0 Å². The van der Waals surface area contributed by atoms with Gasteiger partial charge in [0.15, 0.2) is 0 Å². The van der Waals surface area contributed by atoms with Crippen molar-refractivity contribution < 1.29 is 4.79 Å². The lowest BCUT2D eigenvalue weighted by molar-refractivity contribution is -0.144. The van der Waals surface area contributed by atoms with Crippen molar-refractivity contribution in [2.45, 2.75) is 57.9 Å². The monoisotopic (exact) mass is 286 g/mol. The highest BCUT2D eigenvalue weighted by atomic mass is 35.5. The molecule has 0 bridgehead atoms. The third-order valence-electron chi connectivity index (χ3n) is 5.63. The molecule has 19 heavy (non-hydrogen) atoms. The van der Waals surface area contributed by atoms with Crippen LogP contribution in [0.2, 0.25) is 0 Å². The van der Waals surface area contributed by atoms with Crippen molar-refractivity contribution in [2.24, 2.45) is 11.3 Å². The maximum atomic E-state index is 12.8. The van der Waals surface area contributed by atoms with Crippen LogP contribution in [0.3, 0.4) is 0 Å². The molecule has 1 amide bonds. The first-order valence-corrected chi connectivity index (χ1v) is 7.78. The molecular formula is C15H27ClN2O. The summed E-state index contributed by atoms with van der Waals surface area (Å²) in [6.07, 6.45) is 8.22. The van der Waals surface area contributed by atoms with E-state index in [1.54, 1.807) is 0 Å². The zero-order valence-corrected chi connectivity index (χ0v) is 12.8. The molecule has 3 aliphatic rings. The number of nitrogens with zero attached hydrogens (tertiary/aromatic N) is 1. The van der Waals surface area contributed by atoms with Crippen LogP contribution in [0, 0.1) is 11.3 Å². The summed E-state index contributed by atoms with van der Waals surface area (Å²) in [6, 6.07) is 0.690. The highest BCUT2D eigenvalue weighted by Gasteiger charge is 2.44. The number of carbonyl (C=O) groups excluding carboxylic acids is 1. The molecule has 3 rings (SSSR count). The third kappa shape index (κ3) is 2.64. The number of fused-ring (bicyclic) bond motifs is 1. The highest BCUT2D eigenvalue weighted by molar-refractivity contribution is 5.85. The van der Waals surface area contributed by atoms with E-state index in [1.807, 2.05) is 0 Å². The molecule has 1 N–H and O–H groups in total. The number of nitrogens with one attached hydrogen (secondary N) is 1. The summed E-state index contributed by atoms with van der Waals surface area (Å²) in [6.45, 7) is 5.34. The van der Waals surface area contributed by atoms with Gasteiger partial charge in [-0.25, -0.2) is 0 Å². The summed E-state index contributed by atoms with van der Waals surface area (Å²) in [5, 5.41) is 3.57. The van der Waals surface area contributed by atoms with E-state index in [1.165, 1.54) is 19.3 Å². The van der Waals surface area contributed by atoms with Crippen LogP contribution in [-0.4, -0.2) is 36.5 Å². The third-order valence-corrected chi connectivity index (χ3v) is 5.63. The number of hydrogen-bond donors (Lipinski definition) is 1. The van der Waals surface area contributed by atoms with Crippen molar-refractivity contribution in [2.75, 3.05) is 19.6 Å². The van der Waals surface area contributed by atoms with E-state index in [0.717, 1.165) is 51.2 Å². The van der Waals surface area contributed by atoms with E-state index in [-0.39, 0.29) is 17.8 Å². The van der Waals surface area contributed by atoms with Crippen LogP contribution in [0.1, 0.15) is 51.9 Å². The first-order chi connectivity index (χ1) is 8.75. The van der Waals surface area contributed by atoms with E-state index in [2.05, 4.69) is 17.1 Å². The van der Waals surface area contributed by atoms with E-state index in [0.29, 0.717) is 11.9 Å². The van der Waals surface area contributed by atoms with Crippen molar-refractivity contribution in [1.29, 1.82) is 0 Å². The Labute approximate surface area is 122 Å². The fourth-order valence-electron chi connectivity index (χ4n) is 4.34. The molecule has 0 radical (unpaired) electrons. The van der Waals surface area contributed by atoms with Gasteiger partial charge in [0, 0.05) is 24.5 Å². The minimum Gasteiger partial charge on any atom is -0.342 e. The Morgan fingerprint density at radius 3 is 2.74 bits per heavy atom. The first kappa shape index (κ1) is 15.1. The largest absolute Gasteiger partial charge is 0.342 e. The van der Waals surface area contributed by atoms with Crippen molar-refractivity contribution >= 4 is 18.3 Å². The van der Waals surface area contributed by atoms with Gasteiger partial charge >= 0.3 is 0 Å². The van der Waals surface area contributed by atoms with Gasteiger partial charge in [-0.1, -0.05) is 19.8 Å². The molecule has 4 heteroatoms. The predicted molar refractivity (Wildman–Crippen MR) is 79.5 cm³/mol. The molecular weight excluding hydrogens is 260 g/mol. The minimum atomic E-state index is 0. The van der Waals surface area contributed by atoms with Gasteiger partial charge in [-0.15, -0.1) is 12.4 Å². The van der Waals surface area contributed by atoms with Crippen molar-refractivity contribution in [3.05, 3.63) is 0 Å². The Balaban J connectivity index is 0.00000133. The van der Waals surface area contributed by atoms with E-state index < -0.39 is 0 Å². The Bertz CT molecular complexity index is 328. The Kier molecular flexibility index (Phi) is 4.78. The number of likely N-dealkylation sites (tertiary alicyclic amines) is 1. The van der Waals surface area contributed by atoms with Gasteiger partial charge in [0.05, 0.1) is 0 Å². The standard InChI is InChI=1S/C15H26N2O.ClH/c1-2-15(7-3-4-8-15)14(18)17-10-6-13-12(11-17)5-9-16-13;/h12-13,16H,2-11H2,1H3;1H. The summed E-state index contributed by atoms with van der Waals surface area (Å²) in [5.41, 5.74) is 0.0128. The maximum Gasteiger partial charge on any atom is 0.228 e. The first-order valence-electron chi connectivity index (χ1n) is 7.78. The fraction of sp³-hybridized carbons (Fsp3) is 0.933. The van der Waals surface area contributed by atoms with Gasteiger partial charge in [0.2, 0.25) is 5.91 Å². The van der Waals surface area contributed by atoms with Gasteiger partial charge < -0.3 is 10.2 Å². The molecule has 0 aromatic carbocycles. The number of rotatable bonds is 2. The molecule has 0 aromatic rings. The molecule has 2 aliphatic heterocycles. The van der Waals surface area contributed by atoms with Gasteiger partial charge in [0.25, 0.3) is 0 Å². The summed E-state index contributed by atoms with van der Waals surface area (Å²) in [7, 11) is 0. The quantitative estimate of drug-likeness (QED) is 0.846. The van der Waals surface area contributed by atoms with Crippen LogP contribution in [0.4, 0.5) is 0 Å². The van der Waals surface area contributed by atoms with Gasteiger partial charge in [-0.3, -0.25) is 4.79 Å². The molecule has 1 aliphatic carbocycles. The fourth-order valence-corrected chi connectivity index (χ4v) is 4.34. The van der Waals surface area contributed by atoms with Crippen molar-refractivity contribution in [3.8, 4) is 0 Å². The van der Waals surface area contributed by atoms with Crippen LogP contribution < -0.4 is 5.32 Å². The number of carbonyl (C=O) groups is 1. The number of hydrogen-bond acceptors (Lipinski definition) is 2. The maximum absolute atomic E-state index is 12.8. The van der Waals surface area contributed by atoms with Crippen LogP contribution in [0.5, 0.6) is 0 Å². The normalized spacial score (nSPS) is 32.8. The van der Waals surface area contributed by atoms with Crippen LogP contribution in [0.25, 0.3) is 0 Å². The molecule has 110 valence electrons. The summed E-state index contributed by atoms with van der Waals surface area (Å²) < 4.78 is 0. The smallest absolute Gasteiger partial charge is 0.228 e. The molecule has 1 saturated carbocycles. The molecule has 2 heterocycles. The second-order valence-electron chi connectivity index (χ2n) is 6.49. The van der Waals surface area contributed by atoms with E-state index in [4.69, 9.17) is 0 Å². The Hall–Kier alpha value is -0.280. The Morgan fingerprint density at radius 1 is 1.32 bits per heavy atom. The summed E-state index contributed by atoms with van der Waals surface area (Å²) in [5.74, 6) is 1.20. The Morgan fingerprint density at radius 2 is 2.05 bits per heavy atom. The number of halogens is 1. The van der Waals surface area contributed by atoms with Crippen molar-refractivity contribution in [1.82, 2.24) is 10.2 Å². The van der Waals surface area contributed by atoms with Gasteiger partial charge in [0.1, 0.15) is 0 Å². The molecule has 2 unspecified atom stereocenters. The summed E-state index contributed by atoms with van der Waals surface area (Å²) >= 11 is 0. The van der Waals surface area contributed by atoms with E-state index >= 15 is 0 Å². The van der Waals surface area contributed by atoms with E-state index in [9.17, 15) is 4.79 Å². The highest BCUT2D eigenvalue weighted by Crippen LogP contribution is 2.43. The minimum absolute atomic E-state index is 0. The molecule has 0 aromatic heterocycles. The molecule has 2 atom stereocenters. The predicted octanol–water partition coefficient (Wildman–Crippen LogP) is 2.59. The molecule has 0 spiro atoms. The average Bonchev–Trinajstić information content (AvgIpc) is 3.06. The molecule has 3 nitrogen and oxygen atoms in total. The number of piperidine rings is 1. The summed E-state index contributed by atoms with van der Waals surface area (Å²) in [4.78, 5) is 15.0. The lowest BCUT2D eigenvalue weighted by Crippen LogP contribution is -2.51. The zero-order valence-electron chi connectivity index (χ0n) is 12.0. The lowest BCUT2D eigenvalue weighted by atomic mass is 9.80. The zero-order chi connectivity index (χ0) is 12.6. The second kappa shape index (κ2) is 6.01. The van der Waals surface area contributed by atoms with Crippen LogP contribution in [-0.2, 0) is 4.79 Å². The second-order valence-corrected chi connectivity index (χ2v) is 6.49. The molecule has 2 saturated heterocycles. The van der Waals surface area contributed by atoms with Crippen LogP contribution in [0.15, 0.2) is 0 Å². The topological polar surface area (TPSA) is 32.3 Å². The van der Waals surface area contributed by atoms with Crippen LogP contribution >= 0.6 is 12.4 Å².